The molecule has 0 radical (unpaired) electrons. The molecule has 0 saturated carbocycles. The van der Waals surface area contributed by atoms with Crippen LogP contribution in [-0.4, -0.2) is 67.9 Å². The van der Waals surface area contributed by atoms with Gasteiger partial charge in [-0.1, -0.05) is 0 Å². The molecule has 0 aliphatic carbocycles. The molecule has 52 heavy (non-hydrogen) atoms. The average molecular weight is 770 g/mol. The molecule has 3 aromatic rings. The van der Waals surface area contributed by atoms with E-state index < -0.39 is 105 Å². The number of halogens is 9. The molecule has 3 aromatic carbocycles. The molecule has 2 aliphatic rings. The summed E-state index contributed by atoms with van der Waals surface area (Å²) in [5.41, 5.74) is -3.74. The van der Waals surface area contributed by atoms with E-state index in [0.29, 0.717) is 24.3 Å². The van der Waals surface area contributed by atoms with Crippen molar-refractivity contribution in [3.8, 4) is 17.2 Å². The predicted octanol–water partition coefficient (Wildman–Crippen LogP) is 7.92. The van der Waals surface area contributed by atoms with Crippen molar-refractivity contribution in [1.82, 2.24) is 4.90 Å². The molecule has 3 atom stereocenters. The summed E-state index contributed by atoms with van der Waals surface area (Å²) in [6.45, 7) is 3.77. The monoisotopic (exact) mass is 769 g/mol. The number of hydrogen-bond donors (Lipinski definition) is 1. The first-order chi connectivity index (χ1) is 23.8. The summed E-state index contributed by atoms with van der Waals surface area (Å²) in [7, 11) is -4.65. The van der Waals surface area contributed by atoms with Crippen LogP contribution in [0.2, 0.25) is 0 Å². The summed E-state index contributed by atoms with van der Waals surface area (Å²) in [6, 6.07) is 6.05. The smallest absolute Gasteiger partial charge is 0.453 e. The van der Waals surface area contributed by atoms with E-state index in [4.69, 9.17) is 9.47 Å². The van der Waals surface area contributed by atoms with Gasteiger partial charge in [0, 0.05) is 25.2 Å². The lowest BCUT2D eigenvalue weighted by Gasteiger charge is -2.47. The Morgan fingerprint density at radius 3 is 1.83 bits per heavy atom. The number of aliphatic hydroxyl groups is 1. The number of nitrogens with zero attached hydrogens (tertiary/aromatic N) is 3. The van der Waals surface area contributed by atoms with Crippen molar-refractivity contribution < 1.29 is 72.0 Å². The SMILES string of the molecule is CC(C)(C)OC(=O)N1CC(/C=N\S(=O)(=O)c2ccc(OC(F)(F)F)cc2)[C@H](O)[C@@H](N2c3ccc(C(F)(F)F)cc3Oc3cc(C(F)(F)F)ccc32)C1. The molecule has 1 saturated heterocycles. The van der Waals surface area contributed by atoms with Crippen molar-refractivity contribution in [3.63, 3.8) is 0 Å². The molecule has 1 fully saturated rings. The Balaban J connectivity index is 1.58. The summed E-state index contributed by atoms with van der Waals surface area (Å²) in [5.74, 6) is -3.15. The van der Waals surface area contributed by atoms with Crippen LogP contribution in [0.3, 0.4) is 0 Å². The van der Waals surface area contributed by atoms with E-state index >= 15 is 0 Å². The van der Waals surface area contributed by atoms with E-state index in [9.17, 15) is 57.8 Å². The minimum atomic E-state index is -5.05. The van der Waals surface area contributed by atoms with Crippen LogP contribution in [0, 0.1) is 5.92 Å². The van der Waals surface area contributed by atoms with E-state index in [1.165, 1.54) is 4.90 Å². The van der Waals surface area contributed by atoms with Gasteiger partial charge in [-0.25, -0.2) is 4.79 Å². The van der Waals surface area contributed by atoms with Crippen molar-refractivity contribution in [3.05, 3.63) is 71.8 Å². The highest BCUT2D eigenvalue weighted by Gasteiger charge is 2.45. The fraction of sp³-hybridized carbons (Fsp3) is 0.375. The van der Waals surface area contributed by atoms with Crippen molar-refractivity contribution >= 4 is 33.7 Å². The number of sulfonamides is 1. The van der Waals surface area contributed by atoms with E-state index in [1.54, 1.807) is 20.8 Å². The number of alkyl halides is 9. The number of ether oxygens (including phenoxy) is 3. The number of carbonyl (C=O) groups excluding carboxylic acids is 1. The maximum absolute atomic E-state index is 13.7. The molecule has 282 valence electrons. The Morgan fingerprint density at radius 2 is 1.37 bits per heavy atom. The normalized spacial score (nSPS) is 19.9. The third-order valence-electron chi connectivity index (χ3n) is 7.71. The molecule has 20 heteroatoms. The van der Waals surface area contributed by atoms with Crippen LogP contribution in [0.5, 0.6) is 17.2 Å². The molecule has 10 nitrogen and oxygen atoms in total. The van der Waals surface area contributed by atoms with Gasteiger partial charge in [0.05, 0.1) is 39.5 Å². The zero-order chi connectivity index (χ0) is 38.6. The topological polar surface area (TPSA) is 118 Å². The van der Waals surface area contributed by atoms with Crippen molar-refractivity contribution in [1.29, 1.82) is 0 Å². The number of anilines is 2. The van der Waals surface area contributed by atoms with Crippen LogP contribution in [0.25, 0.3) is 0 Å². The van der Waals surface area contributed by atoms with E-state index in [2.05, 4.69) is 9.13 Å². The lowest BCUT2D eigenvalue weighted by atomic mass is 9.89. The van der Waals surface area contributed by atoms with Crippen LogP contribution in [0.1, 0.15) is 31.9 Å². The Kier molecular flexibility index (Phi) is 9.89. The van der Waals surface area contributed by atoms with Gasteiger partial charge < -0.3 is 29.1 Å². The minimum Gasteiger partial charge on any atom is -0.453 e. The molecule has 0 bridgehead atoms. The highest BCUT2D eigenvalue weighted by atomic mass is 32.2. The van der Waals surface area contributed by atoms with Gasteiger partial charge >= 0.3 is 24.8 Å². The molecular formula is C32H28F9N3O7S. The van der Waals surface area contributed by atoms with Gasteiger partial charge in [-0.3, -0.25) is 0 Å². The van der Waals surface area contributed by atoms with Crippen LogP contribution < -0.4 is 14.4 Å². The highest BCUT2D eigenvalue weighted by Crippen LogP contribution is 2.51. The second kappa shape index (κ2) is 13.4. The fourth-order valence-corrected chi connectivity index (χ4v) is 6.40. The van der Waals surface area contributed by atoms with Crippen LogP contribution >= 0.6 is 0 Å². The summed E-state index contributed by atoms with van der Waals surface area (Å²) in [6.07, 6.45) is -16.7. The third-order valence-corrected chi connectivity index (χ3v) is 8.98. The second-order valence-electron chi connectivity index (χ2n) is 12.7. The molecule has 0 spiro atoms. The summed E-state index contributed by atoms with van der Waals surface area (Å²) < 4.78 is 164. The van der Waals surface area contributed by atoms with Gasteiger partial charge in [0.1, 0.15) is 11.4 Å². The first-order valence-electron chi connectivity index (χ1n) is 15.0. The summed E-state index contributed by atoms with van der Waals surface area (Å²) in [4.78, 5) is 15.0. The van der Waals surface area contributed by atoms with Gasteiger partial charge in [-0.2, -0.15) is 39.2 Å². The number of rotatable bonds is 5. The lowest BCUT2D eigenvalue weighted by Crippen LogP contribution is -2.60. The number of benzene rings is 3. The molecule has 1 N–H and O–H groups in total. The lowest BCUT2D eigenvalue weighted by molar-refractivity contribution is -0.274. The standard InChI is InChI=1S/C32H28F9N3O7S/c1-29(2,3)51-28(46)43-15-17(14-42-52(47,48)21-8-6-20(7-9-21)50-32(39,40)41)27(45)24(16-43)44-22-10-4-18(30(33,34)35)12-25(22)49-26-13-19(31(36,37)38)5-11-23(26)44/h4-14,17,24,27,45H,15-16H2,1-3H3/b42-14-/t17?,24-,27-/m0/s1. The zero-order valence-electron chi connectivity index (χ0n) is 27.0. The molecule has 1 amide bonds. The van der Waals surface area contributed by atoms with E-state index in [1.807, 2.05) is 0 Å². The van der Waals surface area contributed by atoms with Crippen molar-refractivity contribution in [2.75, 3.05) is 18.0 Å². The Labute approximate surface area is 290 Å². The average Bonchev–Trinajstić information content (AvgIpc) is 3.00. The number of hydrogen-bond acceptors (Lipinski definition) is 8. The van der Waals surface area contributed by atoms with Crippen molar-refractivity contribution in [2.24, 2.45) is 10.3 Å². The van der Waals surface area contributed by atoms with Crippen molar-refractivity contribution in [2.45, 2.75) is 62.1 Å². The molecule has 2 aliphatic heterocycles. The summed E-state index contributed by atoms with van der Waals surface area (Å²) >= 11 is 0. The predicted molar refractivity (Wildman–Crippen MR) is 165 cm³/mol. The number of aliphatic hydroxyl groups excluding tert-OH is 1. The van der Waals surface area contributed by atoms with Gasteiger partial charge in [0.25, 0.3) is 10.0 Å². The number of likely N-dealkylation sites (tertiary alicyclic amines) is 1. The first kappa shape index (κ1) is 38.5. The largest absolute Gasteiger partial charge is 0.573 e. The molecule has 2 heterocycles. The number of fused-ring (bicyclic) bond motifs is 2. The fourth-order valence-electron chi connectivity index (χ4n) is 5.48. The van der Waals surface area contributed by atoms with Crippen LogP contribution in [-0.2, 0) is 27.1 Å². The molecule has 5 rings (SSSR count). The molecular weight excluding hydrogens is 741 g/mol. The second-order valence-corrected chi connectivity index (χ2v) is 14.3. The third kappa shape index (κ3) is 8.66. The Morgan fingerprint density at radius 1 is 0.846 bits per heavy atom. The first-order valence-corrected chi connectivity index (χ1v) is 16.5. The zero-order valence-corrected chi connectivity index (χ0v) is 27.9. The molecule has 0 aromatic heterocycles. The van der Waals surface area contributed by atoms with Gasteiger partial charge in [-0.15, -0.1) is 13.2 Å². The maximum Gasteiger partial charge on any atom is 0.573 e. The van der Waals surface area contributed by atoms with Crippen LogP contribution in [0.15, 0.2) is 70.0 Å². The van der Waals surface area contributed by atoms with E-state index in [0.717, 1.165) is 47.5 Å². The van der Waals surface area contributed by atoms with Gasteiger partial charge in [0.15, 0.2) is 11.5 Å². The minimum absolute atomic E-state index is 0.139. The molecule has 1 unspecified atom stereocenters. The van der Waals surface area contributed by atoms with Gasteiger partial charge in [-0.05, 0) is 81.4 Å². The quantitative estimate of drug-likeness (QED) is 0.206. The van der Waals surface area contributed by atoms with Crippen LogP contribution in [0.4, 0.5) is 55.7 Å². The number of amides is 1. The Bertz CT molecular complexity index is 1900. The van der Waals surface area contributed by atoms with Gasteiger partial charge in [0.2, 0.25) is 0 Å². The summed E-state index contributed by atoms with van der Waals surface area (Å²) in [5, 5.41) is 11.7. The highest BCUT2D eigenvalue weighted by molar-refractivity contribution is 7.90. The Hall–Kier alpha value is -4.72. The maximum atomic E-state index is 13.7. The number of carbonyl (C=O) groups is 1. The number of piperidine rings is 1. The van der Waals surface area contributed by atoms with E-state index in [-0.39, 0.29) is 11.4 Å².